The Morgan fingerprint density at radius 3 is 2.61 bits per heavy atom. The minimum atomic E-state index is -0.727. The number of hydrogen-bond acceptors (Lipinski definition) is 3. The summed E-state index contributed by atoms with van der Waals surface area (Å²) in [4.78, 5) is 17.0. The smallest absolute Gasteiger partial charge is 0.258 e. The standard InChI is InChI=1S/C21H17Cl2F2N5O/c22-13-7-14(24)9-15(8-13)26-21(27-19-10-18(29-30-19)11-2-1-3-11)28-20(31)12-4-5-16(23)17(25)6-12/h4-11H,1-3H2,(H3,26,27,28,29,30,31). The fraction of sp³-hybridized carbons (Fsp3) is 0.190. The molecular formula is C21H17Cl2F2N5O. The van der Waals surface area contributed by atoms with Crippen LogP contribution in [0.2, 0.25) is 10.0 Å². The molecule has 1 aliphatic rings. The third-order valence-corrected chi connectivity index (χ3v) is 5.42. The van der Waals surface area contributed by atoms with Crippen LogP contribution < -0.4 is 10.6 Å². The average Bonchev–Trinajstić information content (AvgIpc) is 3.09. The quantitative estimate of drug-likeness (QED) is 0.338. The first kappa shape index (κ1) is 21.3. The average molecular weight is 464 g/mol. The van der Waals surface area contributed by atoms with Crippen LogP contribution in [0.25, 0.3) is 0 Å². The van der Waals surface area contributed by atoms with Crippen LogP contribution in [0.1, 0.15) is 41.2 Å². The SMILES string of the molecule is O=C(NC(=Nc1cc(C2CCC2)[nH]n1)Nc1cc(F)cc(Cl)c1)c1ccc(Cl)c(F)c1. The van der Waals surface area contributed by atoms with Crippen LogP contribution in [0.4, 0.5) is 20.3 Å². The summed E-state index contributed by atoms with van der Waals surface area (Å²) in [6, 6.07) is 9.27. The van der Waals surface area contributed by atoms with E-state index >= 15 is 0 Å². The van der Waals surface area contributed by atoms with Crippen LogP contribution in [0.15, 0.2) is 47.5 Å². The van der Waals surface area contributed by atoms with Crippen molar-refractivity contribution in [1.82, 2.24) is 15.5 Å². The second-order valence-corrected chi connectivity index (χ2v) is 7.98. The van der Waals surface area contributed by atoms with Gasteiger partial charge in [0.1, 0.15) is 11.6 Å². The minimum absolute atomic E-state index is 0.0332. The van der Waals surface area contributed by atoms with E-state index in [-0.39, 0.29) is 27.3 Å². The van der Waals surface area contributed by atoms with Gasteiger partial charge in [-0.3, -0.25) is 15.2 Å². The predicted octanol–water partition coefficient (Wildman–Crippen LogP) is 5.79. The summed E-state index contributed by atoms with van der Waals surface area (Å²) < 4.78 is 27.5. The number of guanidine groups is 1. The van der Waals surface area contributed by atoms with Gasteiger partial charge in [-0.2, -0.15) is 10.1 Å². The molecule has 1 amide bonds. The van der Waals surface area contributed by atoms with Crippen molar-refractivity contribution in [2.24, 2.45) is 4.99 Å². The molecule has 4 rings (SSSR count). The number of nitrogens with one attached hydrogen (secondary N) is 3. The molecule has 0 atom stereocenters. The van der Waals surface area contributed by atoms with E-state index in [0.29, 0.717) is 11.7 Å². The highest BCUT2D eigenvalue weighted by molar-refractivity contribution is 6.31. The normalized spacial score (nSPS) is 14.3. The van der Waals surface area contributed by atoms with Crippen molar-refractivity contribution < 1.29 is 13.6 Å². The van der Waals surface area contributed by atoms with Crippen molar-refractivity contribution in [3.8, 4) is 0 Å². The zero-order valence-electron chi connectivity index (χ0n) is 16.1. The Labute approximate surface area is 186 Å². The number of rotatable bonds is 4. The van der Waals surface area contributed by atoms with Crippen molar-refractivity contribution in [2.45, 2.75) is 25.2 Å². The van der Waals surface area contributed by atoms with Crippen LogP contribution in [-0.4, -0.2) is 22.1 Å². The second-order valence-electron chi connectivity index (χ2n) is 7.14. The van der Waals surface area contributed by atoms with Gasteiger partial charge >= 0.3 is 0 Å². The molecule has 0 spiro atoms. The van der Waals surface area contributed by atoms with Gasteiger partial charge in [0.05, 0.1) is 5.02 Å². The van der Waals surface area contributed by atoms with Gasteiger partial charge in [-0.05, 0) is 49.2 Å². The molecule has 0 radical (unpaired) electrons. The Kier molecular flexibility index (Phi) is 6.20. The molecule has 6 nitrogen and oxygen atoms in total. The van der Waals surface area contributed by atoms with Crippen molar-refractivity contribution in [2.75, 3.05) is 5.32 Å². The van der Waals surface area contributed by atoms with E-state index in [1.165, 1.54) is 30.7 Å². The van der Waals surface area contributed by atoms with Gasteiger partial charge < -0.3 is 5.32 Å². The zero-order valence-corrected chi connectivity index (χ0v) is 17.6. The van der Waals surface area contributed by atoms with Gasteiger partial charge in [-0.1, -0.05) is 29.6 Å². The molecule has 0 saturated heterocycles. The molecule has 3 aromatic rings. The fourth-order valence-electron chi connectivity index (χ4n) is 3.09. The number of amides is 1. The molecule has 1 saturated carbocycles. The summed E-state index contributed by atoms with van der Waals surface area (Å²) >= 11 is 11.6. The number of aromatic nitrogens is 2. The van der Waals surface area contributed by atoms with E-state index in [2.05, 4.69) is 25.8 Å². The Bertz CT molecular complexity index is 1140. The van der Waals surface area contributed by atoms with Crippen molar-refractivity contribution in [3.05, 3.63) is 75.4 Å². The Balaban J connectivity index is 1.61. The first-order valence-electron chi connectivity index (χ1n) is 9.51. The first-order valence-corrected chi connectivity index (χ1v) is 10.3. The number of carbonyl (C=O) groups is 1. The topological polar surface area (TPSA) is 82.2 Å². The van der Waals surface area contributed by atoms with Crippen LogP contribution in [0.5, 0.6) is 0 Å². The summed E-state index contributed by atoms with van der Waals surface area (Å²) in [6.07, 6.45) is 3.33. The number of aliphatic imine (C=N–C) groups is 1. The maximum atomic E-state index is 13.7. The molecule has 1 aromatic heterocycles. The number of hydrogen-bond donors (Lipinski definition) is 3. The maximum absolute atomic E-state index is 13.7. The molecule has 3 N–H and O–H groups in total. The lowest BCUT2D eigenvalue weighted by Crippen LogP contribution is -2.36. The monoisotopic (exact) mass is 463 g/mol. The summed E-state index contributed by atoms with van der Waals surface area (Å²) in [7, 11) is 0. The van der Waals surface area contributed by atoms with Gasteiger partial charge in [0, 0.05) is 34.0 Å². The Hall–Kier alpha value is -2.97. The summed E-state index contributed by atoms with van der Waals surface area (Å²) in [5.41, 5.74) is 1.26. The summed E-state index contributed by atoms with van der Waals surface area (Å²) in [6.45, 7) is 0. The van der Waals surface area contributed by atoms with Crippen LogP contribution in [-0.2, 0) is 0 Å². The largest absolute Gasteiger partial charge is 0.325 e. The number of carbonyl (C=O) groups excluding carboxylic acids is 1. The van der Waals surface area contributed by atoms with E-state index in [1.54, 1.807) is 6.07 Å². The lowest BCUT2D eigenvalue weighted by atomic mass is 9.83. The van der Waals surface area contributed by atoms with Gasteiger partial charge in [-0.15, -0.1) is 0 Å². The summed E-state index contributed by atoms with van der Waals surface area (Å²) in [5.74, 6) is -1.22. The lowest BCUT2D eigenvalue weighted by molar-refractivity contribution is 0.0976. The molecular weight excluding hydrogens is 447 g/mol. The molecule has 0 aliphatic heterocycles. The lowest BCUT2D eigenvalue weighted by Gasteiger charge is -2.23. The van der Waals surface area contributed by atoms with E-state index in [4.69, 9.17) is 23.2 Å². The molecule has 10 heteroatoms. The fourth-order valence-corrected chi connectivity index (χ4v) is 3.43. The zero-order chi connectivity index (χ0) is 22.0. The molecule has 1 aliphatic carbocycles. The molecule has 31 heavy (non-hydrogen) atoms. The number of halogens is 4. The molecule has 160 valence electrons. The number of H-pyrrole nitrogens is 1. The Morgan fingerprint density at radius 2 is 1.94 bits per heavy atom. The molecule has 0 unspecified atom stereocenters. The predicted molar refractivity (Wildman–Crippen MR) is 116 cm³/mol. The molecule has 0 bridgehead atoms. The molecule has 2 aromatic carbocycles. The first-order chi connectivity index (χ1) is 14.9. The molecule has 1 fully saturated rings. The highest BCUT2D eigenvalue weighted by atomic mass is 35.5. The summed E-state index contributed by atoms with van der Waals surface area (Å²) in [5, 5.41) is 12.6. The third-order valence-electron chi connectivity index (χ3n) is 4.89. The Morgan fingerprint density at radius 1 is 1.13 bits per heavy atom. The van der Waals surface area contributed by atoms with Crippen LogP contribution in [0, 0.1) is 11.6 Å². The second kappa shape index (κ2) is 9.03. The molecule has 1 heterocycles. The number of benzene rings is 2. The number of anilines is 1. The van der Waals surface area contributed by atoms with Gasteiger partial charge in [0.25, 0.3) is 5.91 Å². The number of nitrogens with zero attached hydrogens (tertiary/aromatic N) is 2. The highest BCUT2D eigenvalue weighted by Gasteiger charge is 2.21. The van der Waals surface area contributed by atoms with Gasteiger partial charge in [0.2, 0.25) is 5.96 Å². The van der Waals surface area contributed by atoms with Crippen LogP contribution >= 0.6 is 23.2 Å². The number of aromatic amines is 1. The van der Waals surface area contributed by atoms with Crippen LogP contribution in [0.3, 0.4) is 0 Å². The minimum Gasteiger partial charge on any atom is -0.325 e. The third kappa shape index (κ3) is 5.21. The van der Waals surface area contributed by atoms with E-state index in [1.807, 2.05) is 0 Å². The van der Waals surface area contributed by atoms with Gasteiger partial charge in [-0.25, -0.2) is 8.78 Å². The highest BCUT2D eigenvalue weighted by Crippen LogP contribution is 2.36. The van der Waals surface area contributed by atoms with Crippen molar-refractivity contribution >= 4 is 46.6 Å². The van der Waals surface area contributed by atoms with Crippen molar-refractivity contribution in [1.29, 1.82) is 0 Å². The van der Waals surface area contributed by atoms with E-state index in [0.717, 1.165) is 30.7 Å². The van der Waals surface area contributed by atoms with Crippen molar-refractivity contribution in [3.63, 3.8) is 0 Å². The maximum Gasteiger partial charge on any atom is 0.258 e. The van der Waals surface area contributed by atoms with E-state index in [9.17, 15) is 13.6 Å². The van der Waals surface area contributed by atoms with Gasteiger partial charge in [0.15, 0.2) is 5.82 Å². The van der Waals surface area contributed by atoms with E-state index < -0.39 is 17.5 Å².